The van der Waals surface area contributed by atoms with Gasteiger partial charge in [0.1, 0.15) is 11.2 Å². The van der Waals surface area contributed by atoms with Crippen molar-refractivity contribution in [2.45, 2.75) is 46.6 Å². The zero-order valence-electron chi connectivity index (χ0n) is 21.7. The number of hydrogen-bond acceptors (Lipinski definition) is 8. The highest BCUT2D eigenvalue weighted by Crippen LogP contribution is 2.23. The Morgan fingerprint density at radius 1 is 1.14 bits per heavy atom. The van der Waals surface area contributed by atoms with Gasteiger partial charge in [0.15, 0.2) is 11.5 Å². The van der Waals surface area contributed by atoms with Gasteiger partial charge in [-0.15, -0.1) is 0 Å². The maximum atomic E-state index is 14.4. The van der Waals surface area contributed by atoms with E-state index in [9.17, 15) is 14.0 Å². The number of amides is 2. The molecule has 3 aromatic rings. The first-order valence-corrected chi connectivity index (χ1v) is 12.2. The highest BCUT2D eigenvalue weighted by Gasteiger charge is 2.26. The molecular weight excluding hydrogens is 481 g/mol. The highest BCUT2D eigenvalue weighted by molar-refractivity contribution is 6.05. The van der Waals surface area contributed by atoms with Gasteiger partial charge in [-0.05, 0) is 41.0 Å². The van der Waals surface area contributed by atoms with Gasteiger partial charge in [-0.1, -0.05) is 0 Å². The smallest absolute Gasteiger partial charge is 0.410 e. The van der Waals surface area contributed by atoms with Gasteiger partial charge in [0.05, 0.1) is 18.0 Å². The van der Waals surface area contributed by atoms with Gasteiger partial charge in [0.2, 0.25) is 11.8 Å². The van der Waals surface area contributed by atoms with Gasteiger partial charge in [0, 0.05) is 50.8 Å². The second-order valence-electron chi connectivity index (χ2n) is 9.77. The van der Waals surface area contributed by atoms with E-state index in [2.05, 4.69) is 20.3 Å². The first-order chi connectivity index (χ1) is 17.5. The minimum absolute atomic E-state index is 0.123. The summed E-state index contributed by atoms with van der Waals surface area (Å²) in [5.74, 6) is -0.563. The number of hydrogen-bond donors (Lipinski definition) is 1. The second-order valence-corrected chi connectivity index (χ2v) is 9.77. The summed E-state index contributed by atoms with van der Waals surface area (Å²) in [7, 11) is 0. The zero-order valence-corrected chi connectivity index (χ0v) is 21.7. The molecule has 0 spiro atoms. The van der Waals surface area contributed by atoms with Gasteiger partial charge < -0.3 is 29.0 Å². The molecule has 4 rings (SSSR count). The normalized spacial score (nSPS) is 14.4. The minimum Gasteiger partial charge on any atom is -0.477 e. The fourth-order valence-electron chi connectivity index (χ4n) is 3.98. The lowest BCUT2D eigenvalue weighted by Crippen LogP contribution is -2.39. The van der Waals surface area contributed by atoms with Crippen LogP contribution in [0.4, 0.5) is 20.8 Å². The van der Waals surface area contributed by atoms with E-state index >= 15 is 0 Å². The summed E-state index contributed by atoms with van der Waals surface area (Å²) in [6.45, 7) is 11.5. The summed E-state index contributed by atoms with van der Waals surface area (Å²) < 4.78 is 27.1. The van der Waals surface area contributed by atoms with Gasteiger partial charge in [-0.3, -0.25) is 4.79 Å². The van der Waals surface area contributed by atoms with E-state index in [1.807, 2.05) is 25.7 Å². The SMILES string of the molecule is CCOc1nc(N2CCCN(C(=O)OC(C)(C)C)CC2)ncc1C(=O)Nc1cc(F)c2nc(C)cn2c1. The number of halogens is 1. The molecule has 0 saturated carbocycles. The first-order valence-electron chi connectivity index (χ1n) is 12.2. The van der Waals surface area contributed by atoms with Crippen LogP contribution in [-0.4, -0.2) is 74.6 Å². The Morgan fingerprint density at radius 3 is 2.65 bits per heavy atom. The molecule has 0 aromatic carbocycles. The van der Waals surface area contributed by atoms with Crippen LogP contribution in [0.3, 0.4) is 0 Å². The molecule has 12 heteroatoms. The topological polar surface area (TPSA) is 114 Å². The molecule has 1 aliphatic rings. The minimum atomic E-state index is -0.565. The van der Waals surface area contributed by atoms with E-state index in [0.717, 1.165) is 0 Å². The number of imidazole rings is 1. The number of nitrogens with zero attached hydrogens (tertiary/aromatic N) is 6. The molecule has 4 heterocycles. The third-order valence-electron chi connectivity index (χ3n) is 5.58. The van der Waals surface area contributed by atoms with Crippen LogP contribution in [0, 0.1) is 12.7 Å². The largest absolute Gasteiger partial charge is 0.477 e. The number of carbonyl (C=O) groups excluding carboxylic acids is 2. The fourth-order valence-corrected chi connectivity index (χ4v) is 3.98. The first kappa shape index (κ1) is 26.1. The lowest BCUT2D eigenvalue weighted by Gasteiger charge is -2.26. The van der Waals surface area contributed by atoms with Crippen molar-refractivity contribution < 1.29 is 23.5 Å². The standard InChI is InChI=1S/C25H32FN7O4/c1-6-36-22-18(21(34)29-17-12-19(26)20-28-16(2)14-33(20)15-17)13-27-23(30-22)31-8-7-9-32(11-10-31)24(35)37-25(3,4)5/h12-15H,6-11H2,1-5H3,(H,29,34). The third-order valence-corrected chi connectivity index (χ3v) is 5.58. The van der Waals surface area contributed by atoms with Crippen molar-refractivity contribution in [3.63, 3.8) is 0 Å². The van der Waals surface area contributed by atoms with Crippen molar-refractivity contribution in [1.29, 1.82) is 0 Å². The molecule has 0 bridgehead atoms. The van der Waals surface area contributed by atoms with Crippen molar-refractivity contribution >= 4 is 29.3 Å². The molecule has 0 atom stereocenters. The Kier molecular flexibility index (Phi) is 7.46. The van der Waals surface area contributed by atoms with Crippen LogP contribution in [0.1, 0.15) is 50.2 Å². The van der Waals surface area contributed by atoms with Crippen LogP contribution >= 0.6 is 0 Å². The van der Waals surface area contributed by atoms with Crippen LogP contribution in [-0.2, 0) is 4.74 Å². The number of aryl methyl sites for hydroxylation is 1. The third kappa shape index (κ3) is 6.25. The Labute approximate surface area is 214 Å². The maximum Gasteiger partial charge on any atom is 0.410 e. The summed E-state index contributed by atoms with van der Waals surface area (Å²) >= 11 is 0. The highest BCUT2D eigenvalue weighted by atomic mass is 19.1. The molecule has 37 heavy (non-hydrogen) atoms. The van der Waals surface area contributed by atoms with E-state index in [1.165, 1.54) is 16.7 Å². The maximum absolute atomic E-state index is 14.4. The van der Waals surface area contributed by atoms with E-state index in [-0.39, 0.29) is 35.5 Å². The van der Waals surface area contributed by atoms with Crippen LogP contribution in [0.15, 0.2) is 24.7 Å². The summed E-state index contributed by atoms with van der Waals surface area (Å²) in [4.78, 5) is 42.2. The zero-order chi connectivity index (χ0) is 26.7. The molecule has 198 valence electrons. The number of rotatable bonds is 5. The predicted molar refractivity (Wildman–Crippen MR) is 136 cm³/mol. The summed E-state index contributed by atoms with van der Waals surface area (Å²) in [6.07, 6.45) is 5.01. The van der Waals surface area contributed by atoms with Gasteiger partial charge >= 0.3 is 6.09 Å². The fraction of sp³-hybridized carbons (Fsp3) is 0.480. The Hall–Kier alpha value is -3.96. The van der Waals surface area contributed by atoms with Crippen LogP contribution in [0.25, 0.3) is 5.65 Å². The number of fused-ring (bicyclic) bond motifs is 1. The summed E-state index contributed by atoms with van der Waals surface area (Å²) in [6, 6.07) is 1.21. The van der Waals surface area contributed by atoms with Crippen LogP contribution < -0.4 is 15.0 Å². The van der Waals surface area contributed by atoms with Crippen molar-refractivity contribution in [3.8, 4) is 5.88 Å². The molecule has 1 fully saturated rings. The Morgan fingerprint density at radius 2 is 1.92 bits per heavy atom. The molecule has 1 saturated heterocycles. The molecule has 0 radical (unpaired) electrons. The molecular formula is C25H32FN7O4. The molecule has 3 aromatic heterocycles. The monoisotopic (exact) mass is 513 g/mol. The summed E-state index contributed by atoms with van der Waals surface area (Å²) in [5, 5.41) is 2.69. The van der Waals surface area contributed by atoms with Crippen molar-refractivity contribution in [1.82, 2.24) is 24.3 Å². The number of pyridine rings is 1. The molecule has 1 N–H and O–H groups in total. The van der Waals surface area contributed by atoms with Crippen molar-refractivity contribution in [2.24, 2.45) is 0 Å². The lowest BCUT2D eigenvalue weighted by atomic mass is 10.2. The van der Waals surface area contributed by atoms with Crippen LogP contribution in [0.5, 0.6) is 5.88 Å². The molecule has 11 nitrogen and oxygen atoms in total. The van der Waals surface area contributed by atoms with E-state index in [1.54, 1.807) is 31.1 Å². The molecule has 0 aliphatic carbocycles. The number of anilines is 2. The molecule has 0 unspecified atom stereocenters. The predicted octanol–water partition coefficient (Wildman–Crippen LogP) is 3.67. The number of ether oxygens (including phenoxy) is 2. The van der Waals surface area contributed by atoms with Gasteiger partial charge in [-0.25, -0.2) is 19.2 Å². The van der Waals surface area contributed by atoms with Gasteiger partial charge in [0.25, 0.3) is 5.91 Å². The van der Waals surface area contributed by atoms with E-state index < -0.39 is 17.3 Å². The van der Waals surface area contributed by atoms with E-state index in [0.29, 0.717) is 44.2 Å². The number of carbonyl (C=O) groups is 2. The Bertz CT molecular complexity index is 1300. The quantitative estimate of drug-likeness (QED) is 0.550. The molecule has 1 aliphatic heterocycles. The second kappa shape index (κ2) is 10.6. The number of nitrogens with one attached hydrogen (secondary N) is 1. The molecule has 2 amide bonds. The number of aromatic nitrogens is 4. The average Bonchev–Trinajstić information content (AvgIpc) is 3.02. The lowest BCUT2D eigenvalue weighted by molar-refractivity contribution is 0.0263. The van der Waals surface area contributed by atoms with Crippen molar-refractivity contribution in [2.75, 3.05) is 43.0 Å². The van der Waals surface area contributed by atoms with Gasteiger partial charge in [-0.2, -0.15) is 4.98 Å². The van der Waals surface area contributed by atoms with Crippen molar-refractivity contribution in [3.05, 3.63) is 41.7 Å². The Balaban J connectivity index is 1.50. The summed E-state index contributed by atoms with van der Waals surface area (Å²) in [5.41, 5.74) is 0.657. The van der Waals surface area contributed by atoms with Crippen LogP contribution in [0.2, 0.25) is 0 Å². The average molecular weight is 514 g/mol. The van der Waals surface area contributed by atoms with E-state index in [4.69, 9.17) is 9.47 Å².